The highest BCUT2D eigenvalue weighted by molar-refractivity contribution is 6.29. The SMILES string of the molecule is [O]C(F)(Cl)C(F)Cl. The maximum Gasteiger partial charge on any atom is 0.359 e. The minimum absolute atomic E-state index is 2.69. The first-order valence-corrected chi connectivity index (χ1v) is 2.12. The molecule has 0 saturated heterocycles. The predicted molar refractivity (Wildman–Crippen MR) is 21.1 cm³/mol. The van der Waals surface area contributed by atoms with E-state index in [1.807, 2.05) is 0 Å². The highest BCUT2D eigenvalue weighted by Gasteiger charge is 2.35. The van der Waals surface area contributed by atoms with Crippen molar-refractivity contribution in [1.82, 2.24) is 0 Å². The number of hydrogen-bond acceptors (Lipinski definition) is 0. The molecular weight excluding hydrogens is 149 g/mol. The van der Waals surface area contributed by atoms with Gasteiger partial charge in [-0.15, -0.1) is 0 Å². The first-order chi connectivity index (χ1) is 2.94. The molecule has 0 heterocycles. The van der Waals surface area contributed by atoms with Crippen LogP contribution in [0.15, 0.2) is 0 Å². The molecule has 0 aromatic heterocycles. The lowest BCUT2D eigenvalue weighted by Crippen LogP contribution is -2.20. The molecule has 5 heteroatoms. The van der Waals surface area contributed by atoms with Crippen LogP contribution in [0.25, 0.3) is 0 Å². The average molecular weight is 150 g/mol. The Kier molecular flexibility index (Phi) is 2.23. The topological polar surface area (TPSA) is 19.9 Å². The van der Waals surface area contributed by atoms with Crippen molar-refractivity contribution < 1.29 is 13.9 Å². The van der Waals surface area contributed by atoms with Crippen LogP contribution in [0, 0.1) is 0 Å². The second-order valence-electron chi connectivity index (χ2n) is 0.862. The van der Waals surface area contributed by atoms with Crippen molar-refractivity contribution in [3.8, 4) is 0 Å². The third kappa shape index (κ3) is 3.02. The lowest BCUT2D eigenvalue weighted by atomic mass is 10.7. The van der Waals surface area contributed by atoms with Gasteiger partial charge < -0.3 is 0 Å². The van der Waals surface area contributed by atoms with Crippen LogP contribution in [0.2, 0.25) is 0 Å². The van der Waals surface area contributed by atoms with E-state index in [4.69, 9.17) is 0 Å². The Bertz CT molecular complexity index is 59.2. The van der Waals surface area contributed by atoms with Gasteiger partial charge in [0, 0.05) is 0 Å². The van der Waals surface area contributed by atoms with E-state index in [1.165, 1.54) is 0 Å². The van der Waals surface area contributed by atoms with E-state index in [9.17, 15) is 13.9 Å². The molecule has 0 rings (SSSR count). The second-order valence-corrected chi connectivity index (χ2v) is 1.76. The van der Waals surface area contributed by atoms with E-state index in [0.717, 1.165) is 0 Å². The summed E-state index contributed by atoms with van der Waals surface area (Å²) in [5.41, 5.74) is -2.69. The molecule has 0 spiro atoms. The van der Waals surface area contributed by atoms with Crippen molar-refractivity contribution >= 4 is 23.2 Å². The van der Waals surface area contributed by atoms with Gasteiger partial charge >= 0.3 is 5.31 Å². The van der Waals surface area contributed by atoms with Crippen LogP contribution in [-0.2, 0) is 5.11 Å². The summed E-state index contributed by atoms with van der Waals surface area (Å²) >= 11 is 8.41. The van der Waals surface area contributed by atoms with Gasteiger partial charge in [-0.3, -0.25) is 0 Å². The van der Waals surface area contributed by atoms with E-state index in [-0.39, 0.29) is 0 Å². The molecular formula is C2HCl2F2O. The van der Waals surface area contributed by atoms with Gasteiger partial charge in [-0.1, -0.05) is 11.6 Å². The predicted octanol–water partition coefficient (Wildman–Crippen LogP) is 1.81. The molecule has 0 fully saturated rings. The molecule has 1 radical (unpaired) electrons. The van der Waals surface area contributed by atoms with Crippen molar-refractivity contribution in [3.63, 3.8) is 0 Å². The van der Waals surface area contributed by atoms with Gasteiger partial charge in [0.15, 0.2) is 0 Å². The van der Waals surface area contributed by atoms with Crippen LogP contribution in [0.1, 0.15) is 0 Å². The Morgan fingerprint density at radius 3 is 1.86 bits per heavy atom. The van der Waals surface area contributed by atoms with Crippen LogP contribution in [0.5, 0.6) is 0 Å². The molecule has 2 atom stereocenters. The summed E-state index contributed by atoms with van der Waals surface area (Å²) in [5.74, 6) is 0. The number of halogens is 4. The quantitative estimate of drug-likeness (QED) is 0.508. The lowest BCUT2D eigenvalue weighted by molar-refractivity contribution is -0.0941. The molecule has 0 bridgehead atoms. The minimum Gasteiger partial charge on any atom is -0.222 e. The van der Waals surface area contributed by atoms with Gasteiger partial charge in [0.2, 0.25) is 5.63 Å². The third-order valence-corrected chi connectivity index (χ3v) is 0.838. The van der Waals surface area contributed by atoms with Crippen molar-refractivity contribution in [2.75, 3.05) is 0 Å². The Balaban J connectivity index is 3.54. The molecule has 0 amide bonds. The summed E-state index contributed by atoms with van der Waals surface area (Å²) in [5, 5.41) is 5.72. The van der Waals surface area contributed by atoms with Gasteiger partial charge in [-0.2, -0.15) is 9.50 Å². The monoisotopic (exact) mass is 149 g/mol. The van der Waals surface area contributed by atoms with E-state index in [0.29, 0.717) is 0 Å². The molecule has 0 aromatic carbocycles. The van der Waals surface area contributed by atoms with Crippen molar-refractivity contribution in [2.45, 2.75) is 10.9 Å². The molecule has 43 valence electrons. The van der Waals surface area contributed by atoms with Crippen molar-refractivity contribution in [2.24, 2.45) is 0 Å². The smallest absolute Gasteiger partial charge is 0.222 e. The van der Waals surface area contributed by atoms with Gasteiger partial charge in [0.05, 0.1) is 0 Å². The fourth-order valence-corrected chi connectivity index (χ4v) is 0. The van der Waals surface area contributed by atoms with Gasteiger partial charge in [-0.25, -0.2) is 4.39 Å². The molecule has 0 N–H and O–H groups in total. The molecule has 0 aliphatic heterocycles. The molecule has 2 unspecified atom stereocenters. The minimum atomic E-state index is -3.68. The van der Waals surface area contributed by atoms with E-state index in [1.54, 1.807) is 0 Å². The summed E-state index contributed by atoms with van der Waals surface area (Å²) < 4.78 is 22.4. The van der Waals surface area contributed by atoms with Crippen molar-refractivity contribution in [1.29, 1.82) is 0 Å². The molecule has 0 aliphatic rings. The molecule has 1 nitrogen and oxygen atoms in total. The Morgan fingerprint density at radius 1 is 1.71 bits per heavy atom. The highest BCUT2D eigenvalue weighted by Crippen LogP contribution is 2.23. The summed E-state index contributed by atoms with van der Waals surface area (Å²) in [6.45, 7) is 0. The number of alkyl halides is 4. The lowest BCUT2D eigenvalue weighted by Gasteiger charge is -2.04. The van der Waals surface area contributed by atoms with E-state index < -0.39 is 10.9 Å². The number of rotatable bonds is 1. The first-order valence-electron chi connectivity index (χ1n) is 1.31. The van der Waals surface area contributed by atoms with Crippen LogP contribution in [0.3, 0.4) is 0 Å². The highest BCUT2D eigenvalue weighted by atomic mass is 35.5. The molecule has 7 heavy (non-hydrogen) atoms. The zero-order chi connectivity index (χ0) is 6.08. The largest absolute Gasteiger partial charge is 0.359 e. The maximum atomic E-state index is 11.2. The zero-order valence-electron chi connectivity index (χ0n) is 3.00. The standard InChI is InChI=1S/C2HCl2F2O/c3-1(5)2(4,6)7/h1H. The first kappa shape index (κ1) is 7.40. The Labute approximate surface area is 48.8 Å². The number of hydrogen-bond donors (Lipinski definition) is 0. The summed E-state index contributed by atoms with van der Waals surface area (Å²) in [4.78, 5) is 0. The second kappa shape index (κ2) is 2.11. The summed E-state index contributed by atoms with van der Waals surface area (Å²) in [6.07, 6.45) is 0. The van der Waals surface area contributed by atoms with E-state index in [2.05, 4.69) is 23.2 Å². The Morgan fingerprint density at radius 2 is 1.86 bits per heavy atom. The third-order valence-electron chi connectivity index (χ3n) is 0.254. The zero-order valence-corrected chi connectivity index (χ0v) is 4.51. The maximum absolute atomic E-state index is 11.2. The normalized spacial score (nSPS) is 23.6. The molecule has 0 aliphatic carbocycles. The Hall–Kier alpha value is 0.400. The fourth-order valence-electron chi connectivity index (χ4n) is 0. The van der Waals surface area contributed by atoms with Crippen LogP contribution < -0.4 is 0 Å². The molecule has 0 saturated carbocycles. The van der Waals surface area contributed by atoms with Gasteiger partial charge in [-0.05, 0) is 11.6 Å². The average Bonchev–Trinajstić information content (AvgIpc) is 1.31. The van der Waals surface area contributed by atoms with Crippen LogP contribution >= 0.6 is 23.2 Å². The van der Waals surface area contributed by atoms with Crippen LogP contribution in [0.4, 0.5) is 8.78 Å². The van der Waals surface area contributed by atoms with Gasteiger partial charge in [0.1, 0.15) is 0 Å². The fraction of sp³-hybridized carbons (Fsp3) is 1.00. The summed E-state index contributed by atoms with van der Waals surface area (Å²) in [6, 6.07) is 0. The van der Waals surface area contributed by atoms with Crippen LogP contribution in [-0.4, -0.2) is 10.9 Å². The van der Waals surface area contributed by atoms with Crippen molar-refractivity contribution in [3.05, 3.63) is 0 Å². The van der Waals surface area contributed by atoms with Gasteiger partial charge in [0.25, 0.3) is 0 Å². The van der Waals surface area contributed by atoms with E-state index >= 15 is 0 Å². The molecule has 0 aromatic rings. The summed E-state index contributed by atoms with van der Waals surface area (Å²) in [7, 11) is 0.